The Bertz CT molecular complexity index is 1210. The lowest BCUT2D eigenvalue weighted by Gasteiger charge is -2.08. The standard InChI is InChI=1S/C20H17N5O2/c1-13-7-6-12-25-18(13)21-17(14-8-4-3-5-9-14)19(25)22-20(27)15-10-11-16(26)24(2)23-15/h3-12H,1-2H3,(H,22,27). The van der Waals surface area contributed by atoms with Crippen LogP contribution in [0, 0.1) is 6.92 Å². The van der Waals surface area contributed by atoms with Gasteiger partial charge in [0.2, 0.25) is 0 Å². The maximum atomic E-state index is 12.8. The first-order chi connectivity index (χ1) is 13.0. The molecule has 0 saturated carbocycles. The Labute approximate surface area is 154 Å². The van der Waals surface area contributed by atoms with E-state index in [-0.39, 0.29) is 11.3 Å². The van der Waals surface area contributed by atoms with Gasteiger partial charge in [-0.05, 0) is 24.6 Å². The molecule has 27 heavy (non-hydrogen) atoms. The van der Waals surface area contributed by atoms with E-state index in [1.54, 1.807) is 0 Å². The highest BCUT2D eigenvalue weighted by atomic mass is 16.2. The monoisotopic (exact) mass is 359 g/mol. The maximum absolute atomic E-state index is 12.8. The van der Waals surface area contributed by atoms with Crippen LogP contribution in [0.1, 0.15) is 16.1 Å². The van der Waals surface area contributed by atoms with Crippen molar-refractivity contribution in [3.63, 3.8) is 0 Å². The minimum atomic E-state index is -0.411. The summed E-state index contributed by atoms with van der Waals surface area (Å²) in [4.78, 5) is 29.0. The second kappa shape index (κ2) is 6.53. The Morgan fingerprint density at radius 1 is 1.04 bits per heavy atom. The fourth-order valence-corrected chi connectivity index (χ4v) is 2.92. The zero-order chi connectivity index (χ0) is 19.0. The summed E-state index contributed by atoms with van der Waals surface area (Å²) in [5.41, 5.74) is 3.20. The Kier molecular flexibility index (Phi) is 4.04. The third kappa shape index (κ3) is 2.99. The van der Waals surface area contributed by atoms with Gasteiger partial charge in [0.1, 0.15) is 22.9 Å². The van der Waals surface area contributed by atoms with Gasteiger partial charge in [-0.2, -0.15) is 5.10 Å². The average molecular weight is 359 g/mol. The van der Waals surface area contributed by atoms with E-state index in [1.807, 2.05) is 60.0 Å². The summed E-state index contributed by atoms with van der Waals surface area (Å²) in [6, 6.07) is 16.3. The number of fused-ring (bicyclic) bond motifs is 1. The van der Waals surface area contributed by atoms with Crippen molar-refractivity contribution in [2.45, 2.75) is 6.92 Å². The molecule has 1 aromatic carbocycles. The number of aromatic nitrogens is 4. The van der Waals surface area contributed by atoms with E-state index in [0.29, 0.717) is 11.5 Å². The molecular weight excluding hydrogens is 342 g/mol. The van der Waals surface area contributed by atoms with Gasteiger partial charge in [0.25, 0.3) is 11.5 Å². The number of hydrogen-bond acceptors (Lipinski definition) is 4. The first-order valence-electron chi connectivity index (χ1n) is 8.43. The van der Waals surface area contributed by atoms with Crippen molar-refractivity contribution < 1.29 is 4.79 Å². The first kappa shape index (κ1) is 16.7. The van der Waals surface area contributed by atoms with Gasteiger partial charge in [-0.3, -0.25) is 14.0 Å². The minimum absolute atomic E-state index is 0.152. The van der Waals surface area contributed by atoms with Crippen LogP contribution in [0.3, 0.4) is 0 Å². The number of nitrogens with one attached hydrogen (secondary N) is 1. The molecule has 0 atom stereocenters. The molecule has 1 amide bonds. The molecule has 0 aliphatic heterocycles. The maximum Gasteiger partial charge on any atom is 0.277 e. The molecule has 0 saturated heterocycles. The van der Waals surface area contributed by atoms with E-state index in [9.17, 15) is 9.59 Å². The normalized spacial score (nSPS) is 10.9. The fraction of sp³-hybridized carbons (Fsp3) is 0.100. The van der Waals surface area contributed by atoms with E-state index in [1.165, 1.54) is 19.2 Å². The molecular formula is C20H17N5O2. The summed E-state index contributed by atoms with van der Waals surface area (Å²) < 4.78 is 2.98. The Morgan fingerprint density at radius 3 is 2.56 bits per heavy atom. The number of imidazole rings is 1. The molecule has 4 rings (SSSR count). The predicted molar refractivity (Wildman–Crippen MR) is 103 cm³/mol. The highest BCUT2D eigenvalue weighted by Crippen LogP contribution is 2.29. The number of amides is 1. The molecule has 0 aliphatic carbocycles. The van der Waals surface area contributed by atoms with Gasteiger partial charge in [0, 0.05) is 24.9 Å². The van der Waals surface area contributed by atoms with Crippen LogP contribution in [0.25, 0.3) is 16.9 Å². The lowest BCUT2D eigenvalue weighted by atomic mass is 10.1. The summed E-state index contributed by atoms with van der Waals surface area (Å²) >= 11 is 0. The van der Waals surface area contributed by atoms with Crippen molar-refractivity contribution in [2.24, 2.45) is 7.05 Å². The number of anilines is 1. The molecule has 0 fully saturated rings. The van der Waals surface area contributed by atoms with Gasteiger partial charge in [0.15, 0.2) is 0 Å². The highest BCUT2D eigenvalue weighted by molar-refractivity contribution is 6.04. The number of benzene rings is 1. The van der Waals surface area contributed by atoms with Crippen LogP contribution in [-0.4, -0.2) is 25.1 Å². The quantitative estimate of drug-likeness (QED) is 0.610. The van der Waals surface area contributed by atoms with Gasteiger partial charge in [0.05, 0.1) is 0 Å². The number of aryl methyl sites for hydroxylation is 2. The first-order valence-corrected chi connectivity index (χ1v) is 8.43. The lowest BCUT2D eigenvalue weighted by Crippen LogP contribution is -2.24. The Balaban J connectivity index is 1.84. The smallest absolute Gasteiger partial charge is 0.277 e. The van der Waals surface area contributed by atoms with Crippen LogP contribution >= 0.6 is 0 Å². The summed E-state index contributed by atoms with van der Waals surface area (Å²) in [6.45, 7) is 1.97. The van der Waals surface area contributed by atoms with Crippen molar-refractivity contribution in [1.82, 2.24) is 19.2 Å². The van der Waals surface area contributed by atoms with Crippen molar-refractivity contribution in [2.75, 3.05) is 5.32 Å². The zero-order valence-corrected chi connectivity index (χ0v) is 14.9. The van der Waals surface area contributed by atoms with E-state index in [2.05, 4.69) is 10.4 Å². The number of carbonyl (C=O) groups is 1. The van der Waals surface area contributed by atoms with Crippen LogP contribution in [0.5, 0.6) is 0 Å². The molecule has 3 heterocycles. The second-order valence-electron chi connectivity index (χ2n) is 6.19. The highest BCUT2D eigenvalue weighted by Gasteiger charge is 2.19. The van der Waals surface area contributed by atoms with Crippen LogP contribution < -0.4 is 10.9 Å². The third-order valence-electron chi connectivity index (χ3n) is 4.32. The SMILES string of the molecule is Cc1cccn2c(NC(=O)c3ccc(=O)n(C)n3)c(-c3ccccc3)nc12. The van der Waals surface area contributed by atoms with Crippen LogP contribution in [0.2, 0.25) is 0 Å². The lowest BCUT2D eigenvalue weighted by molar-refractivity contribution is 0.101. The van der Waals surface area contributed by atoms with Crippen molar-refractivity contribution in [3.05, 3.63) is 82.4 Å². The zero-order valence-electron chi connectivity index (χ0n) is 14.9. The molecule has 7 nitrogen and oxygen atoms in total. The summed E-state index contributed by atoms with van der Waals surface area (Å²) in [5.74, 6) is 0.145. The number of carbonyl (C=O) groups excluding carboxylic acids is 1. The number of rotatable bonds is 3. The second-order valence-corrected chi connectivity index (χ2v) is 6.19. The van der Waals surface area contributed by atoms with Crippen LogP contribution in [0.15, 0.2) is 65.6 Å². The Hall–Kier alpha value is -3.74. The largest absolute Gasteiger partial charge is 0.304 e. The number of nitrogens with zero attached hydrogens (tertiary/aromatic N) is 4. The van der Waals surface area contributed by atoms with E-state index < -0.39 is 5.91 Å². The van der Waals surface area contributed by atoms with Crippen molar-refractivity contribution >= 4 is 17.4 Å². The van der Waals surface area contributed by atoms with Crippen LogP contribution in [-0.2, 0) is 7.05 Å². The van der Waals surface area contributed by atoms with Gasteiger partial charge in [-0.25, -0.2) is 9.67 Å². The predicted octanol–water partition coefficient (Wildman–Crippen LogP) is 2.66. The molecule has 7 heteroatoms. The third-order valence-corrected chi connectivity index (χ3v) is 4.32. The van der Waals surface area contributed by atoms with Gasteiger partial charge < -0.3 is 5.32 Å². The topological polar surface area (TPSA) is 81.3 Å². The van der Waals surface area contributed by atoms with Crippen molar-refractivity contribution in [3.8, 4) is 11.3 Å². The molecule has 0 bridgehead atoms. The van der Waals surface area contributed by atoms with Crippen molar-refractivity contribution in [1.29, 1.82) is 0 Å². The number of hydrogen-bond donors (Lipinski definition) is 1. The molecule has 3 aromatic heterocycles. The molecule has 134 valence electrons. The summed E-state index contributed by atoms with van der Waals surface area (Å²) in [6.07, 6.45) is 1.85. The molecule has 1 N–H and O–H groups in total. The van der Waals surface area contributed by atoms with E-state index >= 15 is 0 Å². The summed E-state index contributed by atoms with van der Waals surface area (Å²) in [5, 5.41) is 6.92. The molecule has 0 radical (unpaired) electrons. The van der Waals surface area contributed by atoms with E-state index in [0.717, 1.165) is 21.5 Å². The fourth-order valence-electron chi connectivity index (χ4n) is 2.92. The Morgan fingerprint density at radius 2 is 1.81 bits per heavy atom. The molecule has 0 spiro atoms. The number of pyridine rings is 1. The molecule has 0 unspecified atom stereocenters. The molecule has 0 aliphatic rings. The average Bonchev–Trinajstić information content (AvgIpc) is 3.04. The summed E-state index contributed by atoms with van der Waals surface area (Å²) in [7, 11) is 1.51. The molecule has 4 aromatic rings. The van der Waals surface area contributed by atoms with E-state index in [4.69, 9.17) is 4.98 Å². The van der Waals surface area contributed by atoms with Gasteiger partial charge in [-0.1, -0.05) is 36.4 Å². The van der Waals surface area contributed by atoms with Crippen LogP contribution in [0.4, 0.5) is 5.82 Å². The minimum Gasteiger partial charge on any atom is -0.304 e. The van der Waals surface area contributed by atoms with Gasteiger partial charge >= 0.3 is 0 Å². The van der Waals surface area contributed by atoms with Gasteiger partial charge in [-0.15, -0.1) is 0 Å².